The van der Waals surface area contributed by atoms with Crippen LogP contribution in [0.25, 0.3) is 11.5 Å². The fourth-order valence-electron chi connectivity index (χ4n) is 4.17. The van der Waals surface area contributed by atoms with Crippen LogP contribution in [0.15, 0.2) is 59.0 Å². The Labute approximate surface area is 206 Å². The van der Waals surface area contributed by atoms with Gasteiger partial charge in [0.2, 0.25) is 11.7 Å². The van der Waals surface area contributed by atoms with Gasteiger partial charge in [0.05, 0.1) is 6.61 Å². The molecule has 1 amide bonds. The molecule has 4 rings (SSSR count). The van der Waals surface area contributed by atoms with E-state index >= 15 is 0 Å². The maximum Gasteiger partial charge on any atom is 0.452 e. The Morgan fingerprint density at radius 3 is 2.36 bits per heavy atom. The monoisotopic (exact) mass is 501 g/mol. The molecule has 1 aliphatic heterocycles. The quantitative estimate of drug-likeness (QED) is 0.413. The number of carbonyl (C=O) groups is 2. The fraction of sp³-hybridized carbons (Fsp3) is 0.346. The van der Waals surface area contributed by atoms with E-state index in [0.717, 1.165) is 31.6 Å². The van der Waals surface area contributed by atoms with E-state index in [0.29, 0.717) is 24.3 Å². The van der Waals surface area contributed by atoms with Crippen molar-refractivity contribution in [2.24, 2.45) is 5.92 Å². The summed E-state index contributed by atoms with van der Waals surface area (Å²) in [4.78, 5) is 30.4. The molecule has 2 aromatic carbocycles. The molecule has 7 nitrogen and oxygen atoms in total. The number of esters is 1. The van der Waals surface area contributed by atoms with E-state index < -0.39 is 23.5 Å². The Morgan fingerprint density at radius 1 is 1.08 bits per heavy atom. The zero-order chi connectivity index (χ0) is 25.7. The summed E-state index contributed by atoms with van der Waals surface area (Å²) >= 11 is 0. The maximum absolute atomic E-state index is 13.5. The lowest BCUT2D eigenvalue weighted by molar-refractivity contribution is -0.153. The van der Waals surface area contributed by atoms with Crippen molar-refractivity contribution in [3.63, 3.8) is 0 Å². The van der Waals surface area contributed by atoms with E-state index in [9.17, 15) is 22.8 Å². The highest BCUT2D eigenvalue weighted by Crippen LogP contribution is 2.35. The second-order valence-corrected chi connectivity index (χ2v) is 8.50. The number of ether oxygens (including phenoxy) is 1. The smallest absolute Gasteiger partial charge is 0.452 e. The van der Waals surface area contributed by atoms with Crippen molar-refractivity contribution in [2.45, 2.75) is 32.4 Å². The van der Waals surface area contributed by atoms with Crippen molar-refractivity contribution in [3.8, 4) is 11.5 Å². The van der Waals surface area contributed by atoms with Gasteiger partial charge < -0.3 is 19.4 Å². The molecule has 1 aliphatic rings. The first kappa shape index (κ1) is 25.3. The van der Waals surface area contributed by atoms with Crippen molar-refractivity contribution in [2.75, 3.05) is 29.9 Å². The number of nitrogens with zero attached hydrogens (tertiary/aromatic N) is 2. The topological polar surface area (TPSA) is 84.7 Å². The molecule has 1 aromatic heterocycles. The molecule has 0 atom stereocenters. The lowest BCUT2D eigenvalue weighted by atomic mass is 9.93. The SMILES string of the molecule is CCOC(=O)CC1CCN(c2ccc(NC(=O)c3nc(-c4ccccc4)oc3C(F)(F)F)cc2)CC1. The van der Waals surface area contributed by atoms with Gasteiger partial charge in [0.15, 0.2) is 5.69 Å². The summed E-state index contributed by atoms with van der Waals surface area (Å²) in [6.45, 7) is 3.70. The Morgan fingerprint density at radius 2 is 1.75 bits per heavy atom. The molecule has 0 radical (unpaired) electrons. The number of carbonyl (C=O) groups excluding carboxylic acids is 2. The van der Waals surface area contributed by atoms with E-state index in [1.807, 2.05) is 0 Å². The van der Waals surface area contributed by atoms with Gasteiger partial charge in [-0.3, -0.25) is 9.59 Å². The van der Waals surface area contributed by atoms with Crippen LogP contribution in [0, 0.1) is 5.92 Å². The molecule has 0 spiro atoms. The van der Waals surface area contributed by atoms with Crippen LogP contribution in [0.5, 0.6) is 0 Å². The van der Waals surface area contributed by atoms with Crippen molar-refractivity contribution in [3.05, 3.63) is 66.1 Å². The van der Waals surface area contributed by atoms with Crippen LogP contribution in [-0.4, -0.2) is 36.6 Å². The third kappa shape index (κ3) is 6.05. The highest BCUT2D eigenvalue weighted by Gasteiger charge is 2.42. The third-order valence-electron chi connectivity index (χ3n) is 5.99. The summed E-state index contributed by atoms with van der Waals surface area (Å²) in [6, 6.07) is 14.9. The number of oxazole rings is 1. The zero-order valence-corrected chi connectivity index (χ0v) is 19.7. The molecule has 1 saturated heterocycles. The minimum atomic E-state index is -4.88. The number of anilines is 2. The first-order chi connectivity index (χ1) is 17.2. The predicted molar refractivity (Wildman–Crippen MR) is 128 cm³/mol. The first-order valence-corrected chi connectivity index (χ1v) is 11.7. The second kappa shape index (κ2) is 10.8. The van der Waals surface area contributed by atoms with Crippen molar-refractivity contribution >= 4 is 23.3 Å². The summed E-state index contributed by atoms with van der Waals surface area (Å²) in [5.41, 5.74) is 0.760. The van der Waals surface area contributed by atoms with Crippen LogP contribution >= 0.6 is 0 Å². The van der Waals surface area contributed by atoms with Crippen LogP contribution in [0.1, 0.15) is 42.4 Å². The van der Waals surface area contributed by atoms with Gasteiger partial charge in [0, 0.05) is 36.4 Å². The molecule has 3 aromatic rings. The van der Waals surface area contributed by atoms with Crippen LogP contribution < -0.4 is 10.2 Å². The summed E-state index contributed by atoms with van der Waals surface area (Å²) in [5, 5.41) is 2.47. The van der Waals surface area contributed by atoms with Gasteiger partial charge in [0.25, 0.3) is 5.91 Å². The third-order valence-corrected chi connectivity index (χ3v) is 5.99. The Bertz CT molecular complexity index is 1190. The number of rotatable bonds is 7. The minimum absolute atomic E-state index is 0.173. The number of hydrogen-bond donors (Lipinski definition) is 1. The van der Waals surface area contributed by atoms with Crippen molar-refractivity contribution in [1.29, 1.82) is 0 Å². The molecule has 10 heteroatoms. The Hall–Kier alpha value is -3.82. The molecular formula is C26H26F3N3O4. The molecule has 1 fully saturated rings. The van der Waals surface area contributed by atoms with E-state index in [-0.39, 0.29) is 17.8 Å². The molecular weight excluding hydrogens is 475 g/mol. The summed E-state index contributed by atoms with van der Waals surface area (Å²) in [6.07, 6.45) is -2.75. The molecule has 0 bridgehead atoms. The Kier molecular flexibility index (Phi) is 7.61. The maximum atomic E-state index is 13.5. The fourth-order valence-corrected chi connectivity index (χ4v) is 4.17. The van der Waals surface area contributed by atoms with Gasteiger partial charge in [-0.1, -0.05) is 18.2 Å². The van der Waals surface area contributed by atoms with Gasteiger partial charge in [0.1, 0.15) is 0 Å². The van der Waals surface area contributed by atoms with E-state index in [4.69, 9.17) is 9.15 Å². The van der Waals surface area contributed by atoms with Gasteiger partial charge in [-0.15, -0.1) is 0 Å². The molecule has 2 heterocycles. The number of nitrogens with one attached hydrogen (secondary N) is 1. The van der Waals surface area contributed by atoms with E-state index in [1.165, 1.54) is 0 Å². The average Bonchev–Trinajstić information content (AvgIpc) is 3.33. The highest BCUT2D eigenvalue weighted by atomic mass is 19.4. The number of amides is 1. The normalized spacial score (nSPS) is 14.5. The molecule has 1 N–H and O–H groups in total. The number of alkyl halides is 3. The zero-order valence-electron chi connectivity index (χ0n) is 19.7. The van der Waals surface area contributed by atoms with Crippen LogP contribution in [0.2, 0.25) is 0 Å². The summed E-state index contributed by atoms with van der Waals surface area (Å²) in [5.74, 6) is -2.63. The standard InChI is InChI=1S/C26H26F3N3O4/c1-2-35-21(33)16-17-12-14-32(15-13-17)20-10-8-19(9-11-20)30-24(34)22-23(26(27,28)29)36-25(31-22)18-6-4-3-5-7-18/h3-11,17H,2,12-16H2,1H3,(H,30,34). The number of aromatic nitrogens is 1. The molecule has 36 heavy (non-hydrogen) atoms. The average molecular weight is 502 g/mol. The van der Waals surface area contributed by atoms with Crippen molar-refractivity contribution < 1.29 is 31.9 Å². The second-order valence-electron chi connectivity index (χ2n) is 8.50. The number of benzene rings is 2. The largest absolute Gasteiger partial charge is 0.466 e. The number of hydrogen-bond acceptors (Lipinski definition) is 6. The number of piperidine rings is 1. The minimum Gasteiger partial charge on any atom is -0.466 e. The van der Waals surface area contributed by atoms with Gasteiger partial charge in [-0.05, 0) is 62.1 Å². The van der Waals surface area contributed by atoms with E-state index in [2.05, 4.69) is 15.2 Å². The van der Waals surface area contributed by atoms with E-state index in [1.54, 1.807) is 61.5 Å². The molecule has 190 valence electrons. The molecule has 0 aliphatic carbocycles. The lowest BCUT2D eigenvalue weighted by Gasteiger charge is -2.33. The summed E-state index contributed by atoms with van der Waals surface area (Å²) in [7, 11) is 0. The van der Waals surface area contributed by atoms with Crippen LogP contribution in [0.4, 0.5) is 24.5 Å². The predicted octanol–water partition coefficient (Wildman–Crippen LogP) is 5.78. The van der Waals surface area contributed by atoms with Gasteiger partial charge in [-0.25, -0.2) is 4.98 Å². The first-order valence-electron chi connectivity index (χ1n) is 11.7. The molecule has 0 unspecified atom stereocenters. The lowest BCUT2D eigenvalue weighted by Crippen LogP contribution is -2.34. The van der Waals surface area contributed by atoms with Crippen LogP contribution in [-0.2, 0) is 15.7 Å². The molecule has 0 saturated carbocycles. The van der Waals surface area contributed by atoms with Crippen molar-refractivity contribution in [1.82, 2.24) is 4.98 Å². The Balaban J connectivity index is 1.41. The van der Waals surface area contributed by atoms with Gasteiger partial charge >= 0.3 is 12.1 Å². The van der Waals surface area contributed by atoms with Gasteiger partial charge in [-0.2, -0.15) is 13.2 Å². The number of halogens is 3. The summed E-state index contributed by atoms with van der Waals surface area (Å²) < 4.78 is 50.5. The highest BCUT2D eigenvalue weighted by molar-refractivity contribution is 6.04. The van der Waals surface area contributed by atoms with Crippen LogP contribution in [0.3, 0.4) is 0 Å².